The van der Waals surface area contributed by atoms with E-state index in [-0.39, 0.29) is 6.10 Å². The Hall–Kier alpha value is -0.0400. The molecule has 1 nitrogen and oxygen atoms in total. The van der Waals surface area contributed by atoms with Gasteiger partial charge >= 0.3 is 0 Å². The largest absolute Gasteiger partial charge is 0.393 e. The van der Waals surface area contributed by atoms with E-state index < -0.39 is 0 Å². The second-order valence-electron chi connectivity index (χ2n) is 7.55. The molecule has 5 rings (SSSR count). The third-order valence-electron chi connectivity index (χ3n) is 6.61. The third-order valence-corrected chi connectivity index (χ3v) is 6.61. The van der Waals surface area contributed by atoms with Crippen LogP contribution in [0.3, 0.4) is 0 Å². The number of aliphatic hydroxyl groups is 1. The molecule has 0 aliphatic heterocycles. The van der Waals surface area contributed by atoms with Crippen molar-refractivity contribution < 1.29 is 5.11 Å². The van der Waals surface area contributed by atoms with Crippen LogP contribution in [0.1, 0.15) is 51.9 Å². The van der Waals surface area contributed by atoms with Crippen LogP contribution in [0.15, 0.2) is 0 Å². The van der Waals surface area contributed by atoms with Crippen molar-refractivity contribution in [1.82, 2.24) is 0 Å². The molecule has 0 spiro atoms. The standard InChI is InChI=1S/C15H24O/c1-9-13(5-14(9)16)15-6-10-2-11(7-15)4-12(3-10)8-15/h9-14,16H,2-8H2,1H3. The van der Waals surface area contributed by atoms with Crippen molar-refractivity contribution in [3.8, 4) is 0 Å². The van der Waals surface area contributed by atoms with E-state index in [2.05, 4.69) is 6.92 Å². The molecular weight excluding hydrogens is 196 g/mol. The van der Waals surface area contributed by atoms with Crippen LogP contribution in [0.2, 0.25) is 0 Å². The Kier molecular flexibility index (Phi) is 1.89. The highest BCUT2D eigenvalue weighted by Crippen LogP contribution is 2.66. The highest BCUT2D eigenvalue weighted by atomic mass is 16.3. The van der Waals surface area contributed by atoms with Crippen molar-refractivity contribution in [2.75, 3.05) is 0 Å². The van der Waals surface area contributed by atoms with Crippen molar-refractivity contribution in [2.45, 2.75) is 58.0 Å². The Balaban J connectivity index is 1.62. The summed E-state index contributed by atoms with van der Waals surface area (Å²) in [4.78, 5) is 0. The molecule has 0 radical (unpaired) electrons. The summed E-state index contributed by atoms with van der Waals surface area (Å²) in [6, 6.07) is 0. The van der Waals surface area contributed by atoms with Crippen molar-refractivity contribution in [2.24, 2.45) is 35.0 Å². The van der Waals surface area contributed by atoms with E-state index in [4.69, 9.17) is 0 Å². The maximum Gasteiger partial charge on any atom is 0.0571 e. The first kappa shape index (κ1) is 9.94. The molecule has 3 atom stereocenters. The fraction of sp³-hybridized carbons (Fsp3) is 1.00. The number of hydrogen-bond acceptors (Lipinski definition) is 1. The van der Waals surface area contributed by atoms with E-state index in [9.17, 15) is 5.11 Å². The van der Waals surface area contributed by atoms with E-state index in [1.54, 1.807) is 19.3 Å². The van der Waals surface area contributed by atoms with Gasteiger partial charge in [0, 0.05) is 0 Å². The SMILES string of the molecule is CC1C(O)CC1C12CC3CC(CC(C3)C1)C2. The molecule has 0 aromatic carbocycles. The molecule has 90 valence electrons. The molecule has 5 aliphatic rings. The lowest BCUT2D eigenvalue weighted by Gasteiger charge is -2.63. The van der Waals surface area contributed by atoms with Crippen LogP contribution < -0.4 is 0 Å². The van der Waals surface area contributed by atoms with Gasteiger partial charge in [-0.15, -0.1) is 0 Å². The van der Waals surface area contributed by atoms with Crippen molar-refractivity contribution >= 4 is 0 Å². The second-order valence-corrected chi connectivity index (χ2v) is 7.55. The van der Waals surface area contributed by atoms with Crippen molar-refractivity contribution in [3.63, 3.8) is 0 Å². The zero-order valence-electron chi connectivity index (χ0n) is 10.4. The number of hydrogen-bond donors (Lipinski definition) is 1. The number of aliphatic hydroxyl groups excluding tert-OH is 1. The molecule has 0 amide bonds. The summed E-state index contributed by atoms with van der Waals surface area (Å²) in [5.41, 5.74) is 0.688. The predicted molar refractivity (Wildman–Crippen MR) is 63.9 cm³/mol. The van der Waals surface area contributed by atoms with Gasteiger partial charge in [-0.25, -0.2) is 0 Å². The molecule has 1 heteroatoms. The zero-order chi connectivity index (χ0) is 10.9. The van der Waals surface area contributed by atoms with E-state index in [0.717, 1.165) is 30.1 Å². The zero-order valence-corrected chi connectivity index (χ0v) is 10.4. The third kappa shape index (κ3) is 1.16. The van der Waals surface area contributed by atoms with Gasteiger partial charge in [-0.05, 0) is 80.0 Å². The van der Waals surface area contributed by atoms with Gasteiger partial charge in [0.1, 0.15) is 0 Å². The molecule has 0 aromatic rings. The summed E-state index contributed by atoms with van der Waals surface area (Å²) in [5.74, 6) is 4.66. The van der Waals surface area contributed by atoms with Crippen LogP contribution in [-0.4, -0.2) is 11.2 Å². The molecule has 0 saturated heterocycles. The van der Waals surface area contributed by atoms with Crippen LogP contribution >= 0.6 is 0 Å². The summed E-state index contributed by atoms with van der Waals surface area (Å²) >= 11 is 0. The highest BCUT2D eigenvalue weighted by molar-refractivity contribution is 5.08. The Morgan fingerprint density at radius 2 is 1.38 bits per heavy atom. The Morgan fingerprint density at radius 3 is 1.75 bits per heavy atom. The summed E-state index contributed by atoms with van der Waals surface area (Å²) in [5, 5.41) is 9.79. The smallest absolute Gasteiger partial charge is 0.0571 e. The van der Waals surface area contributed by atoms with E-state index in [1.807, 2.05) is 0 Å². The van der Waals surface area contributed by atoms with Gasteiger partial charge in [-0.1, -0.05) is 6.92 Å². The quantitative estimate of drug-likeness (QED) is 0.719. The molecule has 5 saturated carbocycles. The van der Waals surface area contributed by atoms with Crippen molar-refractivity contribution in [3.05, 3.63) is 0 Å². The minimum atomic E-state index is 0.0259. The molecule has 5 fully saturated rings. The lowest BCUT2D eigenvalue weighted by molar-refractivity contribution is -0.162. The minimum Gasteiger partial charge on any atom is -0.393 e. The molecule has 0 aromatic heterocycles. The Labute approximate surface area is 98.6 Å². The van der Waals surface area contributed by atoms with Gasteiger partial charge in [0.15, 0.2) is 0 Å². The monoisotopic (exact) mass is 220 g/mol. The van der Waals surface area contributed by atoms with Crippen molar-refractivity contribution in [1.29, 1.82) is 0 Å². The van der Waals surface area contributed by atoms with Gasteiger partial charge in [-0.3, -0.25) is 0 Å². The highest BCUT2D eigenvalue weighted by Gasteiger charge is 2.58. The maximum absolute atomic E-state index is 9.79. The average molecular weight is 220 g/mol. The van der Waals surface area contributed by atoms with Crippen LogP contribution in [-0.2, 0) is 0 Å². The van der Waals surface area contributed by atoms with E-state index in [1.165, 1.54) is 19.3 Å². The average Bonchev–Trinajstić information content (AvgIpc) is 2.23. The van der Waals surface area contributed by atoms with Gasteiger partial charge in [0.25, 0.3) is 0 Å². The normalized spacial score (nSPS) is 63.4. The first-order chi connectivity index (χ1) is 7.66. The molecule has 3 unspecified atom stereocenters. The van der Waals surface area contributed by atoms with Gasteiger partial charge in [-0.2, -0.15) is 0 Å². The molecule has 16 heavy (non-hydrogen) atoms. The Bertz CT molecular complexity index is 273. The summed E-state index contributed by atoms with van der Waals surface area (Å²) in [6.45, 7) is 2.29. The van der Waals surface area contributed by atoms with Crippen LogP contribution in [0.25, 0.3) is 0 Å². The lowest BCUT2D eigenvalue weighted by Crippen LogP contribution is -2.56. The van der Waals surface area contributed by atoms with Gasteiger partial charge in [0.05, 0.1) is 6.10 Å². The fourth-order valence-corrected chi connectivity index (χ4v) is 6.20. The topological polar surface area (TPSA) is 20.2 Å². The fourth-order valence-electron chi connectivity index (χ4n) is 6.20. The summed E-state index contributed by atoms with van der Waals surface area (Å²) in [6.07, 6.45) is 10.3. The summed E-state index contributed by atoms with van der Waals surface area (Å²) < 4.78 is 0. The first-order valence-corrected chi connectivity index (χ1v) is 7.34. The van der Waals surface area contributed by atoms with Crippen LogP contribution in [0, 0.1) is 35.0 Å². The Morgan fingerprint density at radius 1 is 0.875 bits per heavy atom. The lowest BCUT2D eigenvalue weighted by atomic mass is 9.42. The van der Waals surface area contributed by atoms with Crippen LogP contribution in [0.4, 0.5) is 0 Å². The molecule has 1 N–H and O–H groups in total. The molecule has 4 bridgehead atoms. The molecule has 0 heterocycles. The van der Waals surface area contributed by atoms with Gasteiger partial charge in [0.2, 0.25) is 0 Å². The molecule has 5 aliphatic carbocycles. The van der Waals surface area contributed by atoms with Gasteiger partial charge < -0.3 is 5.11 Å². The molecular formula is C15H24O. The maximum atomic E-state index is 9.79. The van der Waals surface area contributed by atoms with E-state index >= 15 is 0 Å². The summed E-state index contributed by atoms with van der Waals surface area (Å²) in [7, 11) is 0. The van der Waals surface area contributed by atoms with E-state index in [0.29, 0.717) is 11.3 Å². The minimum absolute atomic E-state index is 0.0259. The predicted octanol–water partition coefficient (Wildman–Crippen LogP) is 3.22. The first-order valence-electron chi connectivity index (χ1n) is 7.34. The van der Waals surface area contributed by atoms with Crippen LogP contribution in [0.5, 0.6) is 0 Å². The second kappa shape index (κ2) is 3.04. The number of rotatable bonds is 1.